The Morgan fingerprint density at radius 2 is 1.76 bits per heavy atom. The molecule has 0 saturated carbocycles. The molecule has 2 aromatic carbocycles. The lowest BCUT2D eigenvalue weighted by atomic mass is 10.1. The van der Waals surface area contributed by atoms with Crippen molar-refractivity contribution < 1.29 is 13.2 Å². The van der Waals surface area contributed by atoms with Crippen molar-refractivity contribution in [2.24, 2.45) is 0 Å². The summed E-state index contributed by atoms with van der Waals surface area (Å²) in [4.78, 5) is 17.0. The summed E-state index contributed by atoms with van der Waals surface area (Å²) in [6.45, 7) is 2.57. The smallest absolute Gasteiger partial charge is 0.271 e. The summed E-state index contributed by atoms with van der Waals surface area (Å²) in [5.74, 6) is -0.0871. The molecular formula is C24H23N3O3S3. The minimum Gasteiger partial charge on any atom is -0.355 e. The fourth-order valence-corrected chi connectivity index (χ4v) is 6.05. The van der Waals surface area contributed by atoms with Gasteiger partial charge in [-0.1, -0.05) is 48.0 Å². The Bertz CT molecular complexity index is 1310. The Balaban J connectivity index is 1.24. The van der Waals surface area contributed by atoms with Gasteiger partial charge >= 0.3 is 0 Å². The van der Waals surface area contributed by atoms with Crippen molar-refractivity contribution in [2.75, 3.05) is 11.3 Å². The molecule has 0 aliphatic heterocycles. The number of carbonyl (C=O) groups excluding carboxylic acids is 1. The zero-order chi connectivity index (χ0) is 23.3. The number of carbonyl (C=O) groups is 1. The van der Waals surface area contributed by atoms with E-state index < -0.39 is 10.0 Å². The van der Waals surface area contributed by atoms with E-state index in [0.29, 0.717) is 18.7 Å². The molecule has 0 bridgehead atoms. The number of thiophene rings is 1. The fourth-order valence-electron chi connectivity index (χ4n) is 3.14. The van der Waals surface area contributed by atoms with E-state index in [0.717, 1.165) is 33.2 Å². The Kier molecular flexibility index (Phi) is 7.22. The molecule has 0 aliphatic rings. The quantitative estimate of drug-likeness (QED) is 0.345. The zero-order valence-electron chi connectivity index (χ0n) is 17.9. The topological polar surface area (TPSA) is 88.2 Å². The van der Waals surface area contributed by atoms with Gasteiger partial charge in [-0.25, -0.2) is 13.4 Å². The average molecular weight is 498 g/mol. The second-order valence-corrected chi connectivity index (χ2v) is 11.2. The van der Waals surface area contributed by atoms with Crippen molar-refractivity contribution in [3.63, 3.8) is 0 Å². The minimum absolute atomic E-state index is 0.0871. The van der Waals surface area contributed by atoms with Crippen LogP contribution in [0.1, 0.15) is 16.8 Å². The van der Waals surface area contributed by atoms with Crippen LogP contribution >= 0.6 is 22.7 Å². The molecule has 2 heterocycles. The van der Waals surface area contributed by atoms with Crippen LogP contribution in [0.25, 0.3) is 10.6 Å². The predicted octanol–water partition coefficient (Wildman–Crippen LogP) is 4.88. The minimum atomic E-state index is -3.58. The molecule has 0 unspecified atom stereocenters. The predicted molar refractivity (Wildman–Crippen MR) is 134 cm³/mol. The third kappa shape index (κ3) is 6.28. The number of nitrogens with one attached hydrogen (secondary N) is 2. The highest BCUT2D eigenvalue weighted by Gasteiger charge is 2.15. The van der Waals surface area contributed by atoms with Crippen LogP contribution in [0.4, 0.5) is 5.69 Å². The first kappa shape index (κ1) is 23.2. The lowest BCUT2D eigenvalue weighted by Gasteiger charge is -2.08. The number of benzene rings is 2. The molecule has 4 rings (SSSR count). The monoisotopic (exact) mass is 497 g/mol. The number of hydrogen-bond donors (Lipinski definition) is 2. The third-order valence-electron chi connectivity index (χ3n) is 4.88. The first-order chi connectivity index (χ1) is 15.9. The van der Waals surface area contributed by atoms with Crippen LogP contribution in [0, 0.1) is 6.92 Å². The standard InChI is InChI=1S/C24H23N3O3S3/c1-17-4-8-19(9-5-17)24-26-21(16-32-24)12-13-25-22(28)15-18-6-10-20(11-7-18)27-33(29,30)23-3-2-14-31-23/h2-11,14,16,27H,12-13,15H2,1H3,(H,25,28). The first-order valence-electron chi connectivity index (χ1n) is 10.3. The molecule has 1 amide bonds. The van der Waals surface area contributed by atoms with Gasteiger partial charge in [-0.15, -0.1) is 22.7 Å². The number of amides is 1. The van der Waals surface area contributed by atoms with Gasteiger partial charge in [-0.05, 0) is 36.1 Å². The van der Waals surface area contributed by atoms with E-state index in [1.54, 1.807) is 53.1 Å². The van der Waals surface area contributed by atoms with Gasteiger partial charge in [0.1, 0.15) is 9.22 Å². The molecule has 9 heteroatoms. The van der Waals surface area contributed by atoms with Gasteiger partial charge in [0.25, 0.3) is 10.0 Å². The van der Waals surface area contributed by atoms with E-state index in [1.165, 1.54) is 5.56 Å². The highest BCUT2D eigenvalue weighted by molar-refractivity contribution is 7.94. The molecule has 0 atom stereocenters. The van der Waals surface area contributed by atoms with E-state index in [2.05, 4.69) is 46.2 Å². The van der Waals surface area contributed by atoms with Crippen molar-refractivity contribution in [1.82, 2.24) is 10.3 Å². The summed E-state index contributed by atoms with van der Waals surface area (Å²) in [6.07, 6.45) is 0.890. The fraction of sp³-hybridized carbons (Fsp3) is 0.167. The van der Waals surface area contributed by atoms with Crippen molar-refractivity contribution in [3.05, 3.63) is 88.2 Å². The summed E-state index contributed by atoms with van der Waals surface area (Å²) in [7, 11) is -3.58. The summed E-state index contributed by atoms with van der Waals surface area (Å²) in [6, 6.07) is 18.4. The highest BCUT2D eigenvalue weighted by Crippen LogP contribution is 2.24. The summed E-state index contributed by atoms with van der Waals surface area (Å²) in [5.41, 5.74) is 4.54. The van der Waals surface area contributed by atoms with Crippen LogP contribution in [0.15, 0.2) is 75.6 Å². The van der Waals surface area contributed by atoms with Gasteiger partial charge in [0.15, 0.2) is 0 Å². The van der Waals surface area contributed by atoms with Gasteiger partial charge in [-0.3, -0.25) is 9.52 Å². The molecule has 6 nitrogen and oxygen atoms in total. The average Bonchev–Trinajstić information content (AvgIpc) is 3.48. The number of thiazole rings is 1. The number of rotatable bonds is 9. The third-order valence-corrected chi connectivity index (χ3v) is 8.60. The van der Waals surface area contributed by atoms with Crippen LogP contribution in [-0.2, 0) is 27.7 Å². The summed E-state index contributed by atoms with van der Waals surface area (Å²) < 4.78 is 27.4. The number of anilines is 1. The first-order valence-corrected chi connectivity index (χ1v) is 13.6. The number of hydrogen-bond acceptors (Lipinski definition) is 6. The van der Waals surface area contributed by atoms with Crippen LogP contribution in [-0.4, -0.2) is 25.9 Å². The molecule has 2 N–H and O–H groups in total. The van der Waals surface area contributed by atoms with Crippen molar-refractivity contribution in [3.8, 4) is 10.6 Å². The number of aromatic nitrogens is 1. The SMILES string of the molecule is Cc1ccc(-c2nc(CCNC(=O)Cc3ccc(NS(=O)(=O)c4cccs4)cc3)cs2)cc1. The molecule has 2 aromatic heterocycles. The molecule has 0 aliphatic carbocycles. The van der Waals surface area contributed by atoms with Crippen LogP contribution in [0.3, 0.4) is 0 Å². The van der Waals surface area contributed by atoms with Gasteiger partial charge in [0.05, 0.1) is 12.1 Å². The van der Waals surface area contributed by atoms with E-state index >= 15 is 0 Å². The second kappa shape index (κ2) is 10.3. The Labute approximate surface area is 201 Å². The van der Waals surface area contributed by atoms with Crippen LogP contribution in [0.2, 0.25) is 0 Å². The molecule has 170 valence electrons. The lowest BCUT2D eigenvalue weighted by Crippen LogP contribution is -2.27. The Morgan fingerprint density at radius 1 is 1.00 bits per heavy atom. The van der Waals surface area contributed by atoms with Crippen LogP contribution in [0.5, 0.6) is 0 Å². The van der Waals surface area contributed by atoms with Gasteiger partial charge < -0.3 is 5.32 Å². The summed E-state index contributed by atoms with van der Waals surface area (Å²) in [5, 5.41) is 7.64. The number of sulfonamides is 1. The largest absolute Gasteiger partial charge is 0.355 e. The molecule has 0 saturated heterocycles. The molecule has 0 spiro atoms. The second-order valence-electron chi connectivity index (χ2n) is 7.52. The summed E-state index contributed by atoms with van der Waals surface area (Å²) >= 11 is 2.76. The van der Waals surface area contributed by atoms with E-state index in [9.17, 15) is 13.2 Å². The molecular weight excluding hydrogens is 474 g/mol. The highest BCUT2D eigenvalue weighted by atomic mass is 32.2. The van der Waals surface area contributed by atoms with Gasteiger partial charge in [-0.2, -0.15) is 0 Å². The van der Waals surface area contributed by atoms with Crippen molar-refractivity contribution >= 4 is 44.3 Å². The zero-order valence-corrected chi connectivity index (χ0v) is 20.4. The maximum atomic E-state index is 12.3. The molecule has 0 radical (unpaired) electrons. The van der Waals surface area contributed by atoms with E-state index in [4.69, 9.17) is 0 Å². The van der Waals surface area contributed by atoms with E-state index in [-0.39, 0.29) is 16.5 Å². The maximum absolute atomic E-state index is 12.3. The Morgan fingerprint density at radius 3 is 2.45 bits per heavy atom. The van der Waals surface area contributed by atoms with Gasteiger partial charge in [0, 0.05) is 29.6 Å². The van der Waals surface area contributed by atoms with Crippen molar-refractivity contribution in [1.29, 1.82) is 0 Å². The normalized spacial score (nSPS) is 11.3. The van der Waals surface area contributed by atoms with Gasteiger partial charge in [0.2, 0.25) is 5.91 Å². The van der Waals surface area contributed by atoms with Crippen molar-refractivity contribution in [2.45, 2.75) is 24.0 Å². The number of nitrogens with zero attached hydrogens (tertiary/aromatic N) is 1. The van der Waals surface area contributed by atoms with Crippen LogP contribution < -0.4 is 10.0 Å². The molecule has 0 fully saturated rings. The number of aryl methyl sites for hydroxylation is 1. The van der Waals surface area contributed by atoms with E-state index in [1.807, 2.05) is 5.38 Å². The lowest BCUT2D eigenvalue weighted by molar-refractivity contribution is -0.120. The Hall–Kier alpha value is -3.01. The maximum Gasteiger partial charge on any atom is 0.271 e. The molecule has 33 heavy (non-hydrogen) atoms. The molecule has 4 aromatic rings.